The summed E-state index contributed by atoms with van der Waals surface area (Å²) in [6, 6.07) is 33.2. The topological polar surface area (TPSA) is 117 Å². The Morgan fingerprint density at radius 2 is 0.713 bits per heavy atom. The maximum Gasteiger partial charge on any atom is 0.508 e. The summed E-state index contributed by atoms with van der Waals surface area (Å²) < 4.78 is 14.2. The third-order valence-corrected chi connectivity index (χ3v) is 27.3. The average Bonchev–Trinajstić information content (AvgIpc) is 0.862. The standard InChI is InChI=1S/C14H19Cl2NO2.C14H12Cl2.C11H22Br2.C10H20Br2.C8H8Br2.C5H9ClO3.C5H10I2.C4H8Br2O.C4H6Cl2.C4H8I2.C3H6Br2O.C2H4Br2/c15-8-10-17(11-9-16)13-6-4-12(5-7-13)2-1-3-14(18)19;15-9-11-1-5-13(6-2-11)14-7-3-12(10-16)4-8-14;12-10-8-6-4-2-1-3-5-7-9-11-13;11-9-7-5-3-1-2-4-6-8-10-12;9-5-7-1-2-8(6-10)4-3-7;1-2-8-5(7)9-4-3-6;6-4-2-1-3-5-7;5-2-1-4(7)3-6;1-4(2-5)3-6;5-3-1-2-4-6;4-1-3(6)2-5;3-1-2-4/h4-7H,1-3,8-11H2,(H,18,19);1-8H,9-10H2;1-11H2;1-10H2;1-4H,5-6H2;2-4H2,1H3;1-5H2;4,7H,1-3H2;1-3H2;1-4H2;3,6H,1-2H2;1-2H2. The third kappa shape index (κ3) is 114. The number of aliphatic hydroxyl groups excluding tert-OH is 2. The number of aliphatic hydroxyl groups is 2. The van der Waals surface area contributed by atoms with Gasteiger partial charge in [-0.2, -0.15) is 0 Å². The van der Waals surface area contributed by atoms with E-state index >= 15 is 0 Å². The molecule has 0 aliphatic rings. The van der Waals surface area contributed by atoms with E-state index in [2.05, 4.69) is 375 Å². The molecule has 0 amide bonds. The molecule has 31 heteroatoms. The lowest BCUT2D eigenvalue weighted by Gasteiger charge is -2.23. The minimum absolute atomic E-state index is 0.181. The molecule has 0 aliphatic heterocycles. The van der Waals surface area contributed by atoms with Crippen LogP contribution in [0.15, 0.2) is 109 Å². The van der Waals surface area contributed by atoms with Gasteiger partial charge in [-0.1, -0.05) is 463 Å². The predicted molar refractivity (Wildman–Crippen MR) is 599 cm³/mol. The van der Waals surface area contributed by atoms with Crippen LogP contribution in [0.25, 0.3) is 11.1 Å². The van der Waals surface area contributed by atoms with Gasteiger partial charge in [0.05, 0.1) is 24.7 Å². The van der Waals surface area contributed by atoms with Crippen molar-refractivity contribution in [3.05, 3.63) is 137 Å². The average molecular weight is 2980 g/mol. The van der Waals surface area contributed by atoms with Crippen molar-refractivity contribution in [1.29, 1.82) is 0 Å². The zero-order valence-corrected chi connectivity index (χ0v) is 100. The molecular weight excluding hydrogens is 2850 g/mol. The monoisotopic (exact) mass is 2970 g/mol. The van der Waals surface area contributed by atoms with Crippen molar-refractivity contribution in [2.24, 2.45) is 0 Å². The van der Waals surface area contributed by atoms with Crippen LogP contribution in [0.1, 0.15) is 195 Å². The number of carboxylic acid groups (broad SMARTS) is 1. The Hall–Kier alpha value is 5.79. The minimum Gasteiger partial charge on any atom is -0.481 e. The Balaban J connectivity index is -0.000000186. The van der Waals surface area contributed by atoms with Gasteiger partial charge in [-0.05, 0) is 152 Å². The van der Waals surface area contributed by atoms with Crippen molar-refractivity contribution in [3.8, 4) is 11.1 Å². The van der Waals surface area contributed by atoms with E-state index in [9.17, 15) is 9.59 Å². The Morgan fingerprint density at radius 1 is 0.400 bits per heavy atom. The second kappa shape index (κ2) is 120. The molecule has 0 bridgehead atoms. The molecule has 0 saturated heterocycles. The summed E-state index contributed by atoms with van der Waals surface area (Å²) in [5.74, 6) is 2.77. The number of rotatable bonds is 51. The van der Waals surface area contributed by atoms with Crippen LogP contribution in [0.2, 0.25) is 0 Å². The van der Waals surface area contributed by atoms with Crippen LogP contribution in [0.3, 0.4) is 0 Å². The number of anilines is 1. The van der Waals surface area contributed by atoms with Crippen molar-refractivity contribution < 1.29 is 34.4 Å². The number of alkyl halides is 23. The van der Waals surface area contributed by atoms with E-state index < -0.39 is 12.1 Å². The zero-order valence-electron chi connectivity index (χ0n) is 67.2. The summed E-state index contributed by atoms with van der Waals surface area (Å²) in [5, 5.41) is 37.5. The number of allylic oxidation sites excluding steroid dienone is 1. The largest absolute Gasteiger partial charge is 0.508 e. The molecule has 0 heterocycles. The molecule has 4 rings (SSSR count). The van der Waals surface area contributed by atoms with Crippen molar-refractivity contribution >= 4 is 381 Å². The molecule has 0 aliphatic carbocycles. The highest BCUT2D eigenvalue weighted by molar-refractivity contribution is 14.1. The molecule has 8 nitrogen and oxygen atoms in total. The normalized spacial score (nSPS) is 10.1. The number of hydrogen-bond acceptors (Lipinski definition) is 7. The second-order valence-electron chi connectivity index (χ2n) is 24.2. The second-order valence-corrected chi connectivity index (χ2v) is 39.3. The molecule has 115 heavy (non-hydrogen) atoms. The summed E-state index contributed by atoms with van der Waals surface area (Å²) in [4.78, 5) is 22.9. The fourth-order valence-electron chi connectivity index (χ4n) is 7.97. The highest BCUT2D eigenvalue weighted by Crippen LogP contribution is 2.23. The molecule has 0 aromatic heterocycles. The lowest BCUT2D eigenvalue weighted by atomic mass is 10.0. The number of aliphatic carboxylic acids is 1. The molecule has 0 radical (unpaired) electrons. The number of unbranched alkanes of at least 4 members (excludes halogenated alkanes) is 18. The molecule has 0 saturated carbocycles. The van der Waals surface area contributed by atoms with E-state index in [0.717, 1.165) is 80.5 Å². The highest BCUT2D eigenvalue weighted by Gasteiger charge is 2.07. The van der Waals surface area contributed by atoms with E-state index in [4.69, 9.17) is 96.5 Å². The van der Waals surface area contributed by atoms with Gasteiger partial charge < -0.3 is 29.7 Å². The minimum atomic E-state index is -0.743. The molecule has 676 valence electrons. The first-order valence-corrected chi connectivity index (χ1v) is 62.0. The number of ether oxygens (including phenoxy) is 2. The first-order chi connectivity index (χ1) is 55.7. The number of carbonyl (C=O) groups excluding carboxylic acids is 1. The van der Waals surface area contributed by atoms with Gasteiger partial charge in [0.2, 0.25) is 0 Å². The quantitative estimate of drug-likeness (QED) is 0.0132. The maximum atomic E-state index is 10.4. The van der Waals surface area contributed by atoms with Gasteiger partial charge >= 0.3 is 12.1 Å². The van der Waals surface area contributed by atoms with E-state index in [1.807, 2.05) is 24.3 Å². The van der Waals surface area contributed by atoms with Gasteiger partial charge in [0.15, 0.2) is 0 Å². The summed E-state index contributed by atoms with van der Waals surface area (Å²) in [6.45, 7) is 7.32. The molecule has 4 aromatic carbocycles. The zero-order chi connectivity index (χ0) is 88.3. The molecule has 0 fully saturated rings. The van der Waals surface area contributed by atoms with Crippen LogP contribution < -0.4 is 4.90 Å². The van der Waals surface area contributed by atoms with Crippen LogP contribution in [-0.4, -0.2) is 166 Å². The van der Waals surface area contributed by atoms with E-state index in [1.54, 1.807) is 6.92 Å². The van der Waals surface area contributed by atoms with Gasteiger partial charge in [0.25, 0.3) is 0 Å². The Bertz CT molecular complexity index is 2400. The summed E-state index contributed by atoms with van der Waals surface area (Å²) in [6.07, 6.45) is 32.4. The first-order valence-electron chi connectivity index (χ1n) is 38.7. The molecule has 0 spiro atoms. The number of hydrogen-bond donors (Lipinski definition) is 3. The number of nitrogens with zero attached hydrogens (tertiary/aromatic N) is 1. The van der Waals surface area contributed by atoms with Gasteiger partial charge in [-0.15, -0.1) is 81.2 Å². The van der Waals surface area contributed by atoms with Crippen LogP contribution in [0.4, 0.5) is 10.5 Å². The Morgan fingerprint density at radius 3 is 0.939 bits per heavy atom. The smallest absolute Gasteiger partial charge is 0.481 e. The van der Waals surface area contributed by atoms with E-state index in [-0.39, 0.29) is 25.2 Å². The fourth-order valence-corrected chi connectivity index (χ4v) is 15.5. The predicted octanol–water partition coefficient (Wildman–Crippen LogP) is 35.4. The number of aryl methyl sites for hydroxylation is 1. The number of carboxylic acids is 1. The lowest BCUT2D eigenvalue weighted by molar-refractivity contribution is -0.137. The Labute approximate surface area is 889 Å². The van der Waals surface area contributed by atoms with Crippen LogP contribution in [0.5, 0.6) is 0 Å². The van der Waals surface area contributed by atoms with Gasteiger partial charge in [-0.25, -0.2) is 4.79 Å². The van der Waals surface area contributed by atoms with Gasteiger partial charge in [0, 0.05) is 124 Å². The lowest BCUT2D eigenvalue weighted by Crippen LogP contribution is -2.27. The molecule has 4 aromatic rings. The number of benzene rings is 4. The van der Waals surface area contributed by atoms with Crippen LogP contribution in [-0.2, 0) is 43.1 Å². The van der Waals surface area contributed by atoms with Crippen LogP contribution >= 0.6 is 363 Å². The third-order valence-electron chi connectivity index (χ3n) is 14.3. The van der Waals surface area contributed by atoms with Crippen molar-refractivity contribution in [2.75, 3.05) is 132 Å². The molecule has 1 unspecified atom stereocenters. The molecule has 1 atom stereocenters. The van der Waals surface area contributed by atoms with Crippen LogP contribution in [0, 0.1) is 0 Å². The molecular formula is C84H132Br12Cl7I4NO7. The SMILES string of the molecule is BrCCBr.BrCCCCCCCCCCBr.BrCCCCCCCCCCCBr.BrCc1ccc(CBr)cc1.C=C(CCl)CCl.CCOC(=O)OCCCl.ClCc1ccc(-c2ccc(CCl)cc2)cc1.ICCCCCI.ICCCCI.O=C(O)CCCc1ccc(N(CCCl)CCCl)cc1.OC(CBr)CBr.OC(CBr)CCBr. The highest BCUT2D eigenvalue weighted by atomic mass is 127. The van der Waals surface area contributed by atoms with Crippen molar-refractivity contribution in [3.63, 3.8) is 0 Å². The summed E-state index contributed by atoms with van der Waals surface area (Å²) in [5.41, 5.74) is 10.5. The van der Waals surface area contributed by atoms with Crippen molar-refractivity contribution in [2.45, 2.75) is 208 Å². The number of halogens is 23. The number of carbonyl (C=O) groups is 2. The van der Waals surface area contributed by atoms with E-state index in [1.165, 1.54) is 203 Å². The molecule has 3 N–H and O–H groups in total. The summed E-state index contributed by atoms with van der Waals surface area (Å²) in [7, 11) is 0. The maximum absolute atomic E-state index is 10.4. The van der Waals surface area contributed by atoms with Crippen molar-refractivity contribution in [1.82, 2.24) is 0 Å². The Kier molecular flexibility index (Phi) is 142. The van der Waals surface area contributed by atoms with Gasteiger partial charge in [-0.3, -0.25) is 4.79 Å². The summed E-state index contributed by atoms with van der Waals surface area (Å²) >= 11 is 88.0. The van der Waals surface area contributed by atoms with E-state index in [0.29, 0.717) is 70.2 Å². The fraction of sp³-hybridized carbons (Fsp3) is 0.667. The van der Waals surface area contributed by atoms with Gasteiger partial charge in [0.1, 0.15) is 6.61 Å². The first kappa shape index (κ1) is 136.